The van der Waals surface area contributed by atoms with Crippen LogP contribution in [0.5, 0.6) is 0 Å². The molecule has 0 bridgehead atoms. The topological polar surface area (TPSA) is 57.6 Å². The van der Waals surface area contributed by atoms with Crippen LogP contribution >= 0.6 is 11.6 Å². The van der Waals surface area contributed by atoms with Crippen molar-refractivity contribution in [1.82, 2.24) is 4.90 Å². The zero-order valence-corrected chi connectivity index (χ0v) is 14.3. The molecule has 1 aliphatic heterocycles. The molecule has 0 radical (unpaired) electrons. The van der Waals surface area contributed by atoms with E-state index in [9.17, 15) is 14.7 Å². The number of benzene rings is 2. The van der Waals surface area contributed by atoms with E-state index in [0.29, 0.717) is 11.6 Å². The maximum Gasteiger partial charge on any atom is 0.308 e. The Morgan fingerprint density at radius 1 is 1.04 bits per heavy atom. The number of carboxylic acids is 1. The van der Waals surface area contributed by atoms with Crippen LogP contribution in [0.3, 0.4) is 0 Å². The quantitative estimate of drug-likeness (QED) is 0.919. The van der Waals surface area contributed by atoms with Crippen LogP contribution in [-0.2, 0) is 16.0 Å². The van der Waals surface area contributed by atoms with Crippen molar-refractivity contribution in [1.29, 1.82) is 0 Å². The second-order valence-electron chi connectivity index (χ2n) is 6.80. The van der Waals surface area contributed by atoms with E-state index in [1.54, 1.807) is 17.0 Å². The largest absolute Gasteiger partial charge is 0.481 e. The average molecular weight is 356 g/mol. The van der Waals surface area contributed by atoms with E-state index in [-0.39, 0.29) is 24.3 Å². The molecule has 2 aliphatic rings. The van der Waals surface area contributed by atoms with Crippen molar-refractivity contribution in [2.45, 2.75) is 18.3 Å². The lowest BCUT2D eigenvalue weighted by Gasteiger charge is -2.32. The highest BCUT2D eigenvalue weighted by molar-refractivity contribution is 6.30. The van der Waals surface area contributed by atoms with E-state index in [1.165, 1.54) is 5.56 Å². The Labute approximate surface area is 151 Å². The molecule has 0 spiro atoms. The van der Waals surface area contributed by atoms with Gasteiger partial charge in [0.15, 0.2) is 0 Å². The second-order valence-corrected chi connectivity index (χ2v) is 7.24. The first-order chi connectivity index (χ1) is 12.0. The molecule has 1 heterocycles. The van der Waals surface area contributed by atoms with Gasteiger partial charge in [0.05, 0.1) is 11.8 Å². The van der Waals surface area contributed by atoms with Gasteiger partial charge in [0.25, 0.3) is 0 Å². The SMILES string of the molecule is O=C(O)[C@@H]1CN(C(=O)C2Cc3ccccc32)C[C@H]1c1ccc(Cl)cc1. The molecule has 4 nitrogen and oxygen atoms in total. The van der Waals surface area contributed by atoms with E-state index >= 15 is 0 Å². The zero-order chi connectivity index (χ0) is 17.6. The van der Waals surface area contributed by atoms with E-state index < -0.39 is 11.9 Å². The predicted molar refractivity (Wildman–Crippen MR) is 94.8 cm³/mol. The number of amides is 1. The summed E-state index contributed by atoms with van der Waals surface area (Å²) >= 11 is 5.93. The van der Waals surface area contributed by atoms with Gasteiger partial charge >= 0.3 is 5.97 Å². The molecule has 1 fully saturated rings. The van der Waals surface area contributed by atoms with E-state index in [0.717, 1.165) is 17.5 Å². The molecular weight excluding hydrogens is 338 g/mol. The lowest BCUT2D eigenvalue weighted by atomic mass is 9.77. The van der Waals surface area contributed by atoms with Gasteiger partial charge in [-0.1, -0.05) is 48.0 Å². The number of nitrogens with zero attached hydrogens (tertiary/aromatic N) is 1. The Morgan fingerprint density at radius 3 is 2.44 bits per heavy atom. The van der Waals surface area contributed by atoms with Crippen LogP contribution in [0.25, 0.3) is 0 Å². The summed E-state index contributed by atoms with van der Waals surface area (Å²) in [6.07, 6.45) is 0.745. The van der Waals surface area contributed by atoms with Gasteiger partial charge in [-0.05, 0) is 35.2 Å². The Balaban J connectivity index is 1.55. The summed E-state index contributed by atoms with van der Waals surface area (Å²) in [7, 11) is 0. The Kier molecular flexibility index (Phi) is 4.00. The number of carboxylic acid groups (broad SMARTS) is 1. The van der Waals surface area contributed by atoms with Gasteiger partial charge < -0.3 is 10.0 Å². The Hall–Kier alpha value is -2.33. The number of fused-ring (bicyclic) bond motifs is 1. The second kappa shape index (κ2) is 6.19. The molecule has 0 saturated carbocycles. The molecular formula is C20H18ClNO3. The number of hydrogen-bond acceptors (Lipinski definition) is 2. The van der Waals surface area contributed by atoms with Gasteiger partial charge in [0.1, 0.15) is 0 Å². The molecule has 1 aliphatic carbocycles. The van der Waals surface area contributed by atoms with Gasteiger partial charge in [-0.25, -0.2) is 0 Å². The number of carbonyl (C=O) groups is 2. The fourth-order valence-corrected chi connectivity index (χ4v) is 4.11. The minimum atomic E-state index is -0.857. The number of halogens is 1. The van der Waals surface area contributed by atoms with Crippen LogP contribution in [0.1, 0.15) is 28.5 Å². The van der Waals surface area contributed by atoms with Gasteiger partial charge in [-0.3, -0.25) is 9.59 Å². The summed E-state index contributed by atoms with van der Waals surface area (Å²) in [5.74, 6) is -1.73. The Bertz CT molecular complexity index is 833. The van der Waals surface area contributed by atoms with Crippen LogP contribution in [0.4, 0.5) is 0 Å². The number of aliphatic carboxylic acids is 1. The number of carbonyl (C=O) groups excluding carboxylic acids is 1. The lowest BCUT2D eigenvalue weighted by molar-refractivity contribution is -0.142. The summed E-state index contributed by atoms with van der Waals surface area (Å²) < 4.78 is 0. The normalized spacial score (nSPS) is 24.5. The third kappa shape index (κ3) is 2.81. The fraction of sp³-hybridized carbons (Fsp3) is 0.300. The monoisotopic (exact) mass is 355 g/mol. The van der Waals surface area contributed by atoms with Crippen molar-refractivity contribution in [3.05, 3.63) is 70.2 Å². The van der Waals surface area contributed by atoms with Gasteiger partial charge in [0, 0.05) is 24.0 Å². The summed E-state index contributed by atoms with van der Waals surface area (Å²) in [4.78, 5) is 26.3. The van der Waals surface area contributed by atoms with Crippen LogP contribution in [0, 0.1) is 5.92 Å². The molecule has 0 aromatic heterocycles. The van der Waals surface area contributed by atoms with E-state index in [2.05, 4.69) is 0 Å². The maximum atomic E-state index is 12.9. The van der Waals surface area contributed by atoms with Crippen molar-refractivity contribution < 1.29 is 14.7 Å². The number of rotatable bonds is 3. The highest BCUT2D eigenvalue weighted by Gasteiger charge is 2.44. The fourth-order valence-electron chi connectivity index (χ4n) is 3.98. The average Bonchev–Trinajstić information content (AvgIpc) is 3.02. The summed E-state index contributed by atoms with van der Waals surface area (Å²) in [6.45, 7) is 0.705. The number of likely N-dealkylation sites (tertiary alicyclic amines) is 1. The smallest absolute Gasteiger partial charge is 0.308 e. The molecule has 1 amide bonds. The molecule has 25 heavy (non-hydrogen) atoms. The van der Waals surface area contributed by atoms with Crippen LogP contribution in [0.2, 0.25) is 5.02 Å². The van der Waals surface area contributed by atoms with E-state index in [1.807, 2.05) is 36.4 Å². The first-order valence-electron chi connectivity index (χ1n) is 8.39. The summed E-state index contributed by atoms with van der Waals surface area (Å²) in [6, 6.07) is 15.2. The third-order valence-corrected chi connectivity index (χ3v) is 5.65. The summed E-state index contributed by atoms with van der Waals surface area (Å²) in [5, 5.41) is 10.2. The molecule has 1 saturated heterocycles. The molecule has 128 valence electrons. The van der Waals surface area contributed by atoms with Crippen molar-refractivity contribution in [3.8, 4) is 0 Å². The molecule has 3 atom stereocenters. The molecule has 5 heteroatoms. The van der Waals surface area contributed by atoms with Crippen LogP contribution in [-0.4, -0.2) is 35.0 Å². The summed E-state index contributed by atoms with van der Waals surface area (Å²) in [5.41, 5.74) is 3.21. The first-order valence-corrected chi connectivity index (χ1v) is 8.77. The first kappa shape index (κ1) is 16.2. The van der Waals surface area contributed by atoms with Gasteiger partial charge in [-0.15, -0.1) is 0 Å². The van der Waals surface area contributed by atoms with Crippen LogP contribution in [0.15, 0.2) is 48.5 Å². The van der Waals surface area contributed by atoms with E-state index in [4.69, 9.17) is 11.6 Å². The highest BCUT2D eigenvalue weighted by atomic mass is 35.5. The van der Waals surface area contributed by atoms with Crippen molar-refractivity contribution in [3.63, 3.8) is 0 Å². The molecule has 2 aromatic carbocycles. The molecule has 2 aromatic rings. The predicted octanol–water partition coefficient (Wildman–Crippen LogP) is 3.31. The molecule has 1 N–H and O–H groups in total. The van der Waals surface area contributed by atoms with Crippen molar-refractivity contribution >= 4 is 23.5 Å². The standard InChI is InChI=1S/C20H18ClNO3/c21-14-7-5-12(6-8-14)17-10-22(11-18(17)20(24)25)19(23)16-9-13-3-1-2-4-15(13)16/h1-8,16-18H,9-11H2,(H,24,25)/t16?,17-,18+/m0/s1. The molecule has 1 unspecified atom stereocenters. The minimum Gasteiger partial charge on any atom is -0.481 e. The molecule has 4 rings (SSSR count). The van der Waals surface area contributed by atoms with Gasteiger partial charge in [-0.2, -0.15) is 0 Å². The maximum absolute atomic E-state index is 12.9. The van der Waals surface area contributed by atoms with Crippen LogP contribution < -0.4 is 0 Å². The highest BCUT2D eigenvalue weighted by Crippen LogP contribution is 2.40. The van der Waals surface area contributed by atoms with Gasteiger partial charge in [0.2, 0.25) is 5.91 Å². The lowest BCUT2D eigenvalue weighted by Crippen LogP contribution is -2.38. The minimum absolute atomic E-state index is 0.0430. The Morgan fingerprint density at radius 2 is 1.76 bits per heavy atom. The van der Waals surface area contributed by atoms with Crippen molar-refractivity contribution in [2.75, 3.05) is 13.1 Å². The zero-order valence-electron chi connectivity index (χ0n) is 13.6. The third-order valence-electron chi connectivity index (χ3n) is 5.40. The van der Waals surface area contributed by atoms with Crippen molar-refractivity contribution in [2.24, 2.45) is 5.92 Å². The number of hydrogen-bond donors (Lipinski definition) is 1.